The van der Waals surface area contributed by atoms with Gasteiger partial charge in [-0.1, -0.05) is 0 Å². The number of anilines is 1. The number of rotatable bonds is 4. The molecule has 0 atom stereocenters. The molecule has 1 aliphatic rings. The van der Waals surface area contributed by atoms with E-state index in [9.17, 15) is 9.59 Å². The van der Waals surface area contributed by atoms with Gasteiger partial charge in [0.2, 0.25) is 0 Å². The fraction of sp³-hybridized carbons (Fsp3) is 0.286. The lowest BCUT2D eigenvalue weighted by molar-refractivity contribution is -0.216. The second-order valence-electron chi connectivity index (χ2n) is 4.27. The van der Waals surface area contributed by atoms with E-state index in [-0.39, 0.29) is 5.78 Å². The van der Waals surface area contributed by atoms with Crippen molar-refractivity contribution in [3.8, 4) is 0 Å². The van der Waals surface area contributed by atoms with Crippen LogP contribution in [-0.2, 0) is 14.6 Å². The summed E-state index contributed by atoms with van der Waals surface area (Å²) in [7, 11) is 1.28. The molecule has 0 saturated heterocycles. The number of carbonyl (C=O) groups excluding carboxylic acids is 2. The number of hydrogen-bond acceptors (Lipinski definition) is 5. The summed E-state index contributed by atoms with van der Waals surface area (Å²) in [6.07, 6.45) is 1.30. The predicted octanol–water partition coefficient (Wildman–Crippen LogP) is 2.45. The minimum absolute atomic E-state index is 0.183. The van der Waals surface area contributed by atoms with Gasteiger partial charge in [-0.2, -0.15) is 4.89 Å². The topological polar surface area (TPSA) is 64.6 Å². The molecule has 0 aliphatic heterocycles. The molecule has 0 saturated carbocycles. The Balaban J connectivity index is 2.07. The first kappa shape index (κ1) is 13.3. The monoisotopic (exact) mass is 261 g/mol. The van der Waals surface area contributed by atoms with Crippen molar-refractivity contribution in [2.24, 2.45) is 0 Å². The molecule has 5 nitrogen and oxygen atoms in total. The maximum absolute atomic E-state index is 11.4. The number of benzene rings is 1. The lowest BCUT2D eigenvalue weighted by atomic mass is 10.2. The molecule has 0 amide bonds. The Morgan fingerprint density at radius 1 is 1.21 bits per heavy atom. The molecule has 19 heavy (non-hydrogen) atoms. The number of Topliss-reactive ketones (excluding diaryl/α,β-unsaturated/α-hetero) is 1. The molecule has 1 aromatic carbocycles. The second kappa shape index (κ2) is 5.67. The molecule has 1 N–H and O–H groups in total. The Bertz CT molecular complexity index is 531. The summed E-state index contributed by atoms with van der Waals surface area (Å²) in [5, 5.41) is 3.19. The molecule has 0 radical (unpaired) electrons. The zero-order chi connectivity index (χ0) is 13.8. The molecule has 1 aliphatic carbocycles. The van der Waals surface area contributed by atoms with E-state index in [0.29, 0.717) is 12.0 Å². The Hall–Kier alpha value is -2.14. The molecular weight excluding hydrogens is 246 g/mol. The summed E-state index contributed by atoms with van der Waals surface area (Å²) in [4.78, 5) is 31.5. The number of carbonyl (C=O) groups is 2. The van der Waals surface area contributed by atoms with Crippen LogP contribution in [0.4, 0.5) is 5.69 Å². The van der Waals surface area contributed by atoms with Crippen LogP contribution in [0.15, 0.2) is 35.5 Å². The Labute approximate surface area is 111 Å². The average molecular weight is 261 g/mol. The zero-order valence-electron chi connectivity index (χ0n) is 10.9. The van der Waals surface area contributed by atoms with E-state index >= 15 is 0 Å². The molecule has 0 aromatic heterocycles. The van der Waals surface area contributed by atoms with Crippen LogP contribution in [0.1, 0.15) is 30.1 Å². The number of ketones is 1. The largest absolute Gasteiger partial charge is 0.373 e. The first-order chi connectivity index (χ1) is 9.11. The molecule has 0 unspecified atom stereocenters. The smallest absolute Gasteiger partial charge is 0.359 e. The van der Waals surface area contributed by atoms with Gasteiger partial charge >= 0.3 is 5.97 Å². The molecule has 2 rings (SSSR count). The number of hydrogen-bond donors (Lipinski definition) is 1. The maximum Gasteiger partial charge on any atom is 0.373 e. The minimum Gasteiger partial charge on any atom is -0.359 e. The summed E-state index contributed by atoms with van der Waals surface area (Å²) in [5.74, 6) is -0.358. The average Bonchev–Trinajstić information content (AvgIpc) is 2.72. The summed E-state index contributed by atoms with van der Waals surface area (Å²) in [6.45, 7) is 1.82. The summed E-state index contributed by atoms with van der Waals surface area (Å²) in [6, 6.07) is 6.79. The van der Waals surface area contributed by atoms with Crippen molar-refractivity contribution in [1.82, 2.24) is 0 Å². The second-order valence-corrected chi connectivity index (χ2v) is 4.27. The van der Waals surface area contributed by atoms with E-state index in [1.165, 1.54) is 7.11 Å². The molecule has 100 valence electrons. The van der Waals surface area contributed by atoms with Crippen LogP contribution >= 0.6 is 0 Å². The van der Waals surface area contributed by atoms with Gasteiger partial charge in [0.1, 0.15) is 0 Å². The van der Waals surface area contributed by atoms with Gasteiger partial charge in [0.05, 0.1) is 12.7 Å². The first-order valence-corrected chi connectivity index (χ1v) is 5.97. The summed E-state index contributed by atoms with van der Waals surface area (Å²) in [5.41, 5.74) is 2.96. The fourth-order valence-electron chi connectivity index (χ4n) is 1.93. The van der Waals surface area contributed by atoms with E-state index < -0.39 is 5.97 Å². The van der Waals surface area contributed by atoms with Crippen molar-refractivity contribution in [2.45, 2.75) is 19.8 Å². The highest BCUT2D eigenvalue weighted by Gasteiger charge is 2.19. The van der Waals surface area contributed by atoms with Crippen LogP contribution in [0.3, 0.4) is 0 Å². The standard InChI is InChI=1S/C14H15NO4/c1-9-12(7-8-13(9)16)15-11-5-3-10(4-6-11)14(17)19-18-2/h3-6,15H,7-8H2,1-2H3. The fourth-order valence-corrected chi connectivity index (χ4v) is 1.93. The van der Waals surface area contributed by atoms with Crippen LogP contribution in [0, 0.1) is 0 Å². The van der Waals surface area contributed by atoms with Gasteiger partial charge in [0, 0.05) is 23.4 Å². The number of allylic oxidation sites excluding steroid dienone is 2. The Morgan fingerprint density at radius 2 is 1.89 bits per heavy atom. The van der Waals surface area contributed by atoms with Crippen LogP contribution in [0.5, 0.6) is 0 Å². The Morgan fingerprint density at radius 3 is 2.42 bits per heavy atom. The zero-order valence-corrected chi connectivity index (χ0v) is 10.9. The molecule has 0 fully saturated rings. The van der Waals surface area contributed by atoms with Crippen molar-refractivity contribution in [1.29, 1.82) is 0 Å². The number of nitrogens with one attached hydrogen (secondary N) is 1. The van der Waals surface area contributed by atoms with Gasteiger partial charge < -0.3 is 5.32 Å². The summed E-state index contributed by atoms with van der Waals surface area (Å²) < 4.78 is 0. The van der Waals surface area contributed by atoms with E-state index in [1.54, 1.807) is 24.3 Å². The third-order valence-corrected chi connectivity index (χ3v) is 3.05. The Kier molecular flexibility index (Phi) is 3.97. The van der Waals surface area contributed by atoms with E-state index in [4.69, 9.17) is 0 Å². The van der Waals surface area contributed by atoms with E-state index in [1.807, 2.05) is 6.92 Å². The third kappa shape index (κ3) is 3.00. The van der Waals surface area contributed by atoms with Crippen LogP contribution < -0.4 is 5.32 Å². The van der Waals surface area contributed by atoms with Crippen molar-refractivity contribution >= 4 is 17.4 Å². The maximum atomic E-state index is 11.4. The molecule has 0 heterocycles. The SMILES string of the molecule is COOC(=O)c1ccc(NC2=C(C)C(=O)CC2)cc1. The van der Waals surface area contributed by atoms with Gasteiger partial charge in [-0.15, -0.1) is 0 Å². The van der Waals surface area contributed by atoms with Crippen LogP contribution in [-0.4, -0.2) is 18.9 Å². The van der Waals surface area contributed by atoms with E-state index in [0.717, 1.165) is 23.4 Å². The molecule has 0 bridgehead atoms. The van der Waals surface area contributed by atoms with Gasteiger partial charge in [0.15, 0.2) is 5.78 Å². The van der Waals surface area contributed by atoms with Gasteiger partial charge in [-0.05, 0) is 37.6 Å². The lowest BCUT2D eigenvalue weighted by Gasteiger charge is -2.08. The van der Waals surface area contributed by atoms with Crippen molar-refractivity contribution in [3.05, 3.63) is 41.1 Å². The van der Waals surface area contributed by atoms with Crippen molar-refractivity contribution < 1.29 is 19.4 Å². The van der Waals surface area contributed by atoms with Gasteiger partial charge in [-0.25, -0.2) is 4.79 Å². The molecule has 0 spiro atoms. The quantitative estimate of drug-likeness (QED) is 0.666. The van der Waals surface area contributed by atoms with Crippen molar-refractivity contribution in [2.75, 3.05) is 12.4 Å². The van der Waals surface area contributed by atoms with Crippen molar-refractivity contribution in [3.63, 3.8) is 0 Å². The minimum atomic E-state index is -0.541. The lowest BCUT2D eigenvalue weighted by Crippen LogP contribution is -2.04. The molecule has 5 heteroatoms. The summed E-state index contributed by atoms with van der Waals surface area (Å²) >= 11 is 0. The first-order valence-electron chi connectivity index (χ1n) is 5.97. The highest BCUT2D eigenvalue weighted by Crippen LogP contribution is 2.24. The van der Waals surface area contributed by atoms with Crippen LogP contribution in [0.2, 0.25) is 0 Å². The van der Waals surface area contributed by atoms with Crippen LogP contribution in [0.25, 0.3) is 0 Å². The van der Waals surface area contributed by atoms with E-state index in [2.05, 4.69) is 15.1 Å². The highest BCUT2D eigenvalue weighted by molar-refractivity contribution is 5.98. The normalized spacial score (nSPS) is 14.7. The van der Waals surface area contributed by atoms with Gasteiger partial charge in [-0.3, -0.25) is 9.68 Å². The third-order valence-electron chi connectivity index (χ3n) is 3.05. The molecule has 1 aromatic rings. The molecular formula is C14H15NO4. The predicted molar refractivity (Wildman–Crippen MR) is 69.4 cm³/mol. The van der Waals surface area contributed by atoms with Gasteiger partial charge in [0.25, 0.3) is 0 Å². The highest BCUT2D eigenvalue weighted by atomic mass is 17.2.